The second-order valence-corrected chi connectivity index (χ2v) is 5.28. The molecule has 0 bridgehead atoms. The van der Waals surface area contributed by atoms with Crippen molar-refractivity contribution in [3.8, 4) is 0 Å². The third kappa shape index (κ3) is 3.30. The van der Waals surface area contributed by atoms with E-state index in [0.717, 1.165) is 13.1 Å². The van der Waals surface area contributed by atoms with Crippen LogP contribution in [-0.2, 0) is 0 Å². The number of hydrogen-bond acceptors (Lipinski definition) is 3. The van der Waals surface area contributed by atoms with E-state index in [1.54, 1.807) is 0 Å². The quantitative estimate of drug-likeness (QED) is 0.886. The predicted octanol–water partition coefficient (Wildman–Crippen LogP) is 2.46. The molecule has 2 rings (SSSR count). The smallest absolute Gasteiger partial charge is 0.0400 e. The van der Waals surface area contributed by atoms with E-state index in [1.807, 2.05) is 12.4 Å². The van der Waals surface area contributed by atoms with E-state index in [2.05, 4.69) is 41.3 Å². The Labute approximate surface area is 111 Å². The van der Waals surface area contributed by atoms with Crippen molar-refractivity contribution < 1.29 is 0 Å². The van der Waals surface area contributed by atoms with E-state index in [-0.39, 0.29) is 0 Å². The normalized spacial score (nSPS) is 25.9. The summed E-state index contributed by atoms with van der Waals surface area (Å²) in [6, 6.07) is 4.79. The Hall–Kier alpha value is -0.930. The molecule has 1 aromatic rings. The van der Waals surface area contributed by atoms with Gasteiger partial charge in [0.2, 0.25) is 0 Å². The number of rotatable bonds is 4. The van der Waals surface area contributed by atoms with E-state index < -0.39 is 0 Å². The highest BCUT2D eigenvalue weighted by molar-refractivity contribution is 5.15. The van der Waals surface area contributed by atoms with Gasteiger partial charge in [-0.05, 0) is 57.1 Å². The van der Waals surface area contributed by atoms with Gasteiger partial charge in [-0.15, -0.1) is 0 Å². The van der Waals surface area contributed by atoms with E-state index in [0.29, 0.717) is 12.0 Å². The van der Waals surface area contributed by atoms with Crippen LogP contribution in [0, 0.1) is 5.92 Å². The highest BCUT2D eigenvalue weighted by atomic mass is 15.1. The number of nitrogens with zero attached hydrogens (tertiary/aromatic N) is 2. The van der Waals surface area contributed by atoms with Gasteiger partial charge in [-0.3, -0.25) is 9.88 Å². The molecule has 1 saturated heterocycles. The van der Waals surface area contributed by atoms with E-state index in [1.165, 1.54) is 31.4 Å². The van der Waals surface area contributed by atoms with Crippen LogP contribution >= 0.6 is 0 Å². The van der Waals surface area contributed by atoms with Crippen LogP contribution in [-0.4, -0.2) is 36.6 Å². The molecule has 0 saturated carbocycles. The summed E-state index contributed by atoms with van der Waals surface area (Å²) >= 11 is 0. The number of aromatic nitrogens is 1. The summed E-state index contributed by atoms with van der Waals surface area (Å²) in [4.78, 5) is 6.80. The maximum atomic E-state index is 4.29. The first-order chi connectivity index (χ1) is 8.83. The largest absolute Gasteiger partial charge is 0.317 e. The van der Waals surface area contributed by atoms with Crippen molar-refractivity contribution >= 4 is 0 Å². The predicted molar refractivity (Wildman–Crippen MR) is 75.5 cm³/mol. The second-order valence-electron chi connectivity index (χ2n) is 5.28. The molecular weight excluding hydrogens is 222 g/mol. The second kappa shape index (κ2) is 6.86. The van der Waals surface area contributed by atoms with Crippen molar-refractivity contribution in [2.24, 2.45) is 5.92 Å². The molecule has 2 atom stereocenters. The molecule has 0 aliphatic carbocycles. The summed E-state index contributed by atoms with van der Waals surface area (Å²) in [5.41, 5.74) is 1.37. The Kier molecular flexibility index (Phi) is 5.14. The van der Waals surface area contributed by atoms with Crippen LogP contribution in [0.3, 0.4) is 0 Å². The molecule has 1 aliphatic rings. The maximum Gasteiger partial charge on any atom is 0.0400 e. The van der Waals surface area contributed by atoms with Gasteiger partial charge in [0.05, 0.1) is 0 Å². The molecule has 2 unspecified atom stereocenters. The molecule has 3 heteroatoms. The van der Waals surface area contributed by atoms with Gasteiger partial charge in [-0.2, -0.15) is 0 Å². The Morgan fingerprint density at radius 2 is 2.33 bits per heavy atom. The fourth-order valence-corrected chi connectivity index (χ4v) is 3.05. The van der Waals surface area contributed by atoms with E-state index in [9.17, 15) is 0 Å². The molecule has 0 aromatic carbocycles. The minimum absolute atomic E-state index is 0.514. The van der Waals surface area contributed by atoms with E-state index in [4.69, 9.17) is 0 Å². The van der Waals surface area contributed by atoms with Crippen molar-refractivity contribution in [3.63, 3.8) is 0 Å². The summed E-state index contributed by atoms with van der Waals surface area (Å²) < 4.78 is 0. The summed E-state index contributed by atoms with van der Waals surface area (Å²) in [6.45, 7) is 5.54. The average molecular weight is 247 g/mol. The molecule has 1 aromatic heterocycles. The van der Waals surface area contributed by atoms with Gasteiger partial charge in [0, 0.05) is 18.4 Å². The lowest BCUT2D eigenvalue weighted by Crippen LogP contribution is -2.34. The van der Waals surface area contributed by atoms with Crippen molar-refractivity contribution in [2.75, 3.05) is 26.7 Å². The van der Waals surface area contributed by atoms with Crippen molar-refractivity contribution in [2.45, 2.75) is 32.2 Å². The lowest BCUT2D eigenvalue weighted by molar-refractivity contribution is 0.189. The molecule has 0 radical (unpaired) electrons. The molecule has 1 aliphatic heterocycles. The standard InChI is InChI=1S/C15H25N3/c1-3-16-11-13-7-4-5-10-18(2)15(13)14-8-6-9-17-12-14/h6,8-9,12-13,15-16H,3-5,7,10-11H2,1-2H3. The molecule has 0 amide bonds. The zero-order valence-electron chi connectivity index (χ0n) is 11.6. The highest BCUT2D eigenvalue weighted by Gasteiger charge is 2.28. The minimum atomic E-state index is 0.514. The molecule has 100 valence electrons. The summed E-state index contributed by atoms with van der Waals surface area (Å²) in [5, 5.41) is 3.52. The summed E-state index contributed by atoms with van der Waals surface area (Å²) in [5.74, 6) is 0.696. The fraction of sp³-hybridized carbons (Fsp3) is 0.667. The van der Waals surface area contributed by atoms with Crippen LogP contribution < -0.4 is 5.32 Å². The first-order valence-corrected chi connectivity index (χ1v) is 7.13. The maximum absolute atomic E-state index is 4.29. The molecular formula is C15H25N3. The average Bonchev–Trinajstić information content (AvgIpc) is 2.59. The Bertz CT molecular complexity index is 339. The van der Waals surface area contributed by atoms with Gasteiger partial charge in [0.25, 0.3) is 0 Å². The number of pyridine rings is 1. The van der Waals surface area contributed by atoms with Crippen molar-refractivity contribution in [1.29, 1.82) is 0 Å². The Morgan fingerprint density at radius 1 is 1.44 bits per heavy atom. The monoisotopic (exact) mass is 247 g/mol. The Morgan fingerprint density at radius 3 is 3.06 bits per heavy atom. The molecule has 1 N–H and O–H groups in total. The fourth-order valence-electron chi connectivity index (χ4n) is 3.05. The zero-order valence-corrected chi connectivity index (χ0v) is 11.6. The third-order valence-electron chi connectivity index (χ3n) is 3.94. The highest BCUT2D eigenvalue weighted by Crippen LogP contribution is 2.33. The third-order valence-corrected chi connectivity index (χ3v) is 3.94. The number of nitrogens with one attached hydrogen (secondary N) is 1. The van der Waals surface area contributed by atoms with Gasteiger partial charge in [0.15, 0.2) is 0 Å². The van der Waals surface area contributed by atoms with Crippen LogP contribution in [0.25, 0.3) is 0 Å². The van der Waals surface area contributed by atoms with Crippen LogP contribution in [0.5, 0.6) is 0 Å². The number of likely N-dealkylation sites (tertiary alicyclic amines) is 1. The topological polar surface area (TPSA) is 28.2 Å². The van der Waals surface area contributed by atoms with Crippen LogP contribution in [0.4, 0.5) is 0 Å². The molecule has 2 heterocycles. The lowest BCUT2D eigenvalue weighted by Gasteiger charge is -2.32. The summed E-state index contributed by atoms with van der Waals surface area (Å²) in [7, 11) is 2.25. The Balaban J connectivity index is 2.18. The van der Waals surface area contributed by atoms with Gasteiger partial charge in [-0.25, -0.2) is 0 Å². The first kappa shape index (κ1) is 13.5. The van der Waals surface area contributed by atoms with Crippen LogP contribution in [0.2, 0.25) is 0 Å². The van der Waals surface area contributed by atoms with Gasteiger partial charge < -0.3 is 5.32 Å². The first-order valence-electron chi connectivity index (χ1n) is 7.13. The minimum Gasteiger partial charge on any atom is -0.317 e. The summed E-state index contributed by atoms with van der Waals surface area (Å²) in [6.07, 6.45) is 7.87. The molecule has 18 heavy (non-hydrogen) atoms. The molecule has 0 spiro atoms. The SMILES string of the molecule is CCNCC1CCCCN(C)C1c1cccnc1. The number of hydrogen-bond donors (Lipinski definition) is 1. The molecule has 3 nitrogen and oxygen atoms in total. The van der Waals surface area contributed by atoms with Crippen molar-refractivity contribution in [1.82, 2.24) is 15.2 Å². The van der Waals surface area contributed by atoms with Crippen molar-refractivity contribution in [3.05, 3.63) is 30.1 Å². The lowest BCUT2D eigenvalue weighted by atomic mass is 9.90. The molecule has 1 fully saturated rings. The van der Waals surface area contributed by atoms with Gasteiger partial charge >= 0.3 is 0 Å². The van der Waals surface area contributed by atoms with E-state index >= 15 is 0 Å². The van der Waals surface area contributed by atoms with Crippen LogP contribution in [0.15, 0.2) is 24.5 Å². The van der Waals surface area contributed by atoms with Gasteiger partial charge in [0.1, 0.15) is 0 Å². The zero-order chi connectivity index (χ0) is 12.8. The van der Waals surface area contributed by atoms with Crippen LogP contribution in [0.1, 0.15) is 37.8 Å². The van der Waals surface area contributed by atoms with Gasteiger partial charge in [-0.1, -0.05) is 19.4 Å².